The molecule has 0 amide bonds. The maximum Gasteiger partial charge on any atom is 0.263 e. The first-order chi connectivity index (χ1) is 13.7. The van der Waals surface area contributed by atoms with Crippen molar-refractivity contribution in [2.75, 3.05) is 12.4 Å². The second kappa shape index (κ2) is 8.49. The SMILES string of the molecule is C=CCn1c(SCCOc2ccccc2F)nc2sc3c(c2c1=O)CCCC3. The van der Waals surface area contributed by atoms with Gasteiger partial charge in [-0.2, -0.15) is 0 Å². The average molecular weight is 417 g/mol. The van der Waals surface area contributed by atoms with Gasteiger partial charge in [-0.3, -0.25) is 9.36 Å². The molecule has 146 valence electrons. The number of aryl methyl sites for hydroxylation is 2. The highest BCUT2D eigenvalue weighted by Crippen LogP contribution is 2.34. The highest BCUT2D eigenvalue weighted by atomic mass is 32.2. The van der Waals surface area contributed by atoms with Gasteiger partial charge in [0.1, 0.15) is 4.83 Å². The van der Waals surface area contributed by atoms with Gasteiger partial charge in [0.25, 0.3) is 5.56 Å². The Balaban J connectivity index is 1.57. The Bertz CT molecular complexity index is 1070. The van der Waals surface area contributed by atoms with Crippen molar-refractivity contribution in [1.82, 2.24) is 9.55 Å². The van der Waals surface area contributed by atoms with Crippen molar-refractivity contribution in [3.63, 3.8) is 0 Å². The predicted molar refractivity (Wildman–Crippen MR) is 113 cm³/mol. The molecule has 0 saturated heterocycles. The van der Waals surface area contributed by atoms with E-state index in [4.69, 9.17) is 9.72 Å². The summed E-state index contributed by atoms with van der Waals surface area (Å²) in [5.74, 6) is 0.426. The molecule has 0 spiro atoms. The van der Waals surface area contributed by atoms with E-state index in [1.807, 2.05) is 0 Å². The standard InChI is InChI=1S/C21H21FN2O2S2/c1-2-11-24-20(25)18-14-7-3-6-10-17(14)28-19(18)23-21(24)27-13-12-26-16-9-5-4-8-15(16)22/h2,4-5,8-9H,1,3,6-7,10-13H2. The van der Waals surface area contributed by atoms with Crippen molar-refractivity contribution >= 4 is 33.3 Å². The zero-order valence-electron chi connectivity index (χ0n) is 15.4. The van der Waals surface area contributed by atoms with Gasteiger partial charge in [0.2, 0.25) is 0 Å². The molecule has 1 aliphatic carbocycles. The molecule has 0 saturated carbocycles. The normalized spacial score (nSPS) is 13.5. The number of thioether (sulfide) groups is 1. The molecule has 7 heteroatoms. The lowest BCUT2D eigenvalue weighted by Crippen LogP contribution is -2.23. The molecule has 4 rings (SSSR count). The highest BCUT2D eigenvalue weighted by molar-refractivity contribution is 7.99. The van der Waals surface area contributed by atoms with E-state index in [0.29, 0.717) is 24.1 Å². The number of halogens is 1. The molecular formula is C21H21FN2O2S2. The summed E-state index contributed by atoms with van der Waals surface area (Å²) in [7, 11) is 0. The zero-order valence-corrected chi connectivity index (χ0v) is 17.1. The van der Waals surface area contributed by atoms with Gasteiger partial charge in [0.15, 0.2) is 16.7 Å². The Morgan fingerprint density at radius 2 is 2.14 bits per heavy atom. The van der Waals surface area contributed by atoms with Crippen molar-refractivity contribution in [2.24, 2.45) is 0 Å². The summed E-state index contributed by atoms with van der Waals surface area (Å²) >= 11 is 3.10. The summed E-state index contributed by atoms with van der Waals surface area (Å²) < 4.78 is 20.8. The third-order valence-corrected chi connectivity index (χ3v) is 6.89. The predicted octanol–water partition coefficient (Wildman–Crippen LogP) is 4.83. The van der Waals surface area contributed by atoms with Gasteiger partial charge in [-0.15, -0.1) is 17.9 Å². The van der Waals surface area contributed by atoms with Gasteiger partial charge in [0.05, 0.1) is 12.0 Å². The number of hydrogen-bond donors (Lipinski definition) is 0. The number of nitrogens with zero attached hydrogens (tertiary/aromatic N) is 2. The van der Waals surface area contributed by atoms with Crippen LogP contribution in [0.2, 0.25) is 0 Å². The first-order valence-electron chi connectivity index (χ1n) is 9.35. The van der Waals surface area contributed by atoms with Crippen molar-refractivity contribution < 1.29 is 9.13 Å². The van der Waals surface area contributed by atoms with Gasteiger partial charge in [-0.25, -0.2) is 9.37 Å². The van der Waals surface area contributed by atoms with Crippen LogP contribution in [0.25, 0.3) is 10.2 Å². The number of allylic oxidation sites excluding steroid dienone is 1. The number of thiophene rings is 1. The van der Waals surface area contributed by atoms with E-state index in [1.54, 1.807) is 40.2 Å². The van der Waals surface area contributed by atoms with E-state index in [2.05, 4.69) is 6.58 Å². The first-order valence-corrected chi connectivity index (χ1v) is 11.2. The second-order valence-corrected chi connectivity index (χ2v) is 8.76. The maximum absolute atomic E-state index is 13.6. The summed E-state index contributed by atoms with van der Waals surface area (Å²) in [5, 5.41) is 1.45. The molecule has 0 unspecified atom stereocenters. The average Bonchev–Trinajstić information content (AvgIpc) is 3.07. The topological polar surface area (TPSA) is 44.1 Å². The number of para-hydroxylation sites is 1. The molecule has 28 heavy (non-hydrogen) atoms. The minimum atomic E-state index is -0.375. The van der Waals surface area contributed by atoms with Crippen LogP contribution in [0.15, 0.2) is 46.9 Å². The number of rotatable bonds is 7. The molecule has 0 aliphatic heterocycles. The summed E-state index contributed by atoms with van der Waals surface area (Å²) in [6.45, 7) is 4.53. The maximum atomic E-state index is 13.6. The summed E-state index contributed by atoms with van der Waals surface area (Å²) in [6, 6.07) is 6.35. The van der Waals surface area contributed by atoms with Gasteiger partial charge in [-0.1, -0.05) is 30.0 Å². The molecule has 1 aromatic carbocycles. The number of benzene rings is 1. The Morgan fingerprint density at radius 3 is 2.96 bits per heavy atom. The largest absolute Gasteiger partial charge is 0.490 e. The molecule has 2 heterocycles. The molecule has 0 bridgehead atoms. The minimum absolute atomic E-state index is 0.0156. The molecule has 1 aliphatic rings. The third kappa shape index (κ3) is 3.73. The second-order valence-electron chi connectivity index (χ2n) is 6.62. The molecule has 0 fully saturated rings. The molecular weight excluding hydrogens is 395 g/mol. The number of aromatic nitrogens is 2. The van der Waals surface area contributed by atoms with Crippen LogP contribution in [0.3, 0.4) is 0 Å². The molecule has 3 aromatic rings. The van der Waals surface area contributed by atoms with Crippen LogP contribution < -0.4 is 10.3 Å². The highest BCUT2D eigenvalue weighted by Gasteiger charge is 2.21. The fourth-order valence-corrected chi connectivity index (χ4v) is 5.59. The molecule has 2 aromatic heterocycles. The Morgan fingerprint density at radius 1 is 1.32 bits per heavy atom. The monoisotopic (exact) mass is 416 g/mol. The number of ether oxygens (including phenoxy) is 1. The quantitative estimate of drug-likeness (QED) is 0.239. The zero-order chi connectivity index (χ0) is 19.5. The Kier molecular flexibility index (Phi) is 5.82. The lowest BCUT2D eigenvalue weighted by molar-refractivity contribution is 0.325. The molecule has 4 nitrogen and oxygen atoms in total. The number of fused-ring (bicyclic) bond motifs is 3. The fraction of sp³-hybridized carbons (Fsp3) is 0.333. The molecule has 0 N–H and O–H groups in total. The van der Waals surface area contributed by atoms with Crippen molar-refractivity contribution in [1.29, 1.82) is 0 Å². The van der Waals surface area contributed by atoms with Gasteiger partial charge >= 0.3 is 0 Å². The van der Waals surface area contributed by atoms with Crippen LogP contribution in [-0.2, 0) is 19.4 Å². The van der Waals surface area contributed by atoms with Crippen LogP contribution in [0.5, 0.6) is 5.75 Å². The smallest absolute Gasteiger partial charge is 0.263 e. The van der Waals surface area contributed by atoms with Gasteiger partial charge in [0, 0.05) is 17.2 Å². The van der Waals surface area contributed by atoms with Crippen LogP contribution in [-0.4, -0.2) is 21.9 Å². The van der Waals surface area contributed by atoms with Crippen molar-refractivity contribution in [2.45, 2.75) is 37.4 Å². The molecule has 0 radical (unpaired) electrons. The van der Waals surface area contributed by atoms with Crippen molar-refractivity contribution in [3.8, 4) is 5.75 Å². The molecule has 0 atom stereocenters. The fourth-order valence-electron chi connectivity index (χ4n) is 3.47. The summed E-state index contributed by atoms with van der Waals surface area (Å²) in [5.41, 5.74) is 1.21. The van der Waals surface area contributed by atoms with E-state index >= 15 is 0 Å². The van der Waals surface area contributed by atoms with E-state index in [0.717, 1.165) is 29.5 Å². The third-order valence-electron chi connectivity index (χ3n) is 4.76. The Hall–Kier alpha value is -2.12. The van der Waals surface area contributed by atoms with Crippen LogP contribution in [0, 0.1) is 5.82 Å². The van der Waals surface area contributed by atoms with E-state index < -0.39 is 0 Å². The van der Waals surface area contributed by atoms with E-state index in [-0.39, 0.29) is 17.1 Å². The van der Waals surface area contributed by atoms with Crippen LogP contribution in [0.4, 0.5) is 4.39 Å². The lowest BCUT2D eigenvalue weighted by Gasteiger charge is -2.12. The van der Waals surface area contributed by atoms with E-state index in [9.17, 15) is 9.18 Å². The van der Waals surface area contributed by atoms with Gasteiger partial charge in [-0.05, 0) is 43.4 Å². The summed E-state index contributed by atoms with van der Waals surface area (Å²) in [6.07, 6.45) is 6.02. The summed E-state index contributed by atoms with van der Waals surface area (Å²) in [4.78, 5) is 20.1. The van der Waals surface area contributed by atoms with Crippen LogP contribution >= 0.6 is 23.1 Å². The van der Waals surface area contributed by atoms with Gasteiger partial charge < -0.3 is 4.74 Å². The lowest BCUT2D eigenvalue weighted by atomic mass is 9.97. The number of hydrogen-bond acceptors (Lipinski definition) is 5. The first kappa shape index (κ1) is 19.2. The van der Waals surface area contributed by atoms with Crippen LogP contribution in [0.1, 0.15) is 23.3 Å². The minimum Gasteiger partial charge on any atom is -0.490 e. The Labute approximate surface area is 171 Å². The van der Waals surface area contributed by atoms with E-state index in [1.165, 1.54) is 34.7 Å². The van der Waals surface area contributed by atoms with Crippen molar-refractivity contribution in [3.05, 3.63) is 63.5 Å².